The molecule has 22 heavy (non-hydrogen) atoms. The molecule has 0 rings (SSSR count). The quantitative estimate of drug-likeness (QED) is 0.441. The molecule has 0 aromatic heterocycles. The number of hydrogen-bond acceptors (Lipinski definition) is 3. The second-order valence-corrected chi connectivity index (χ2v) is 8.97. The number of aliphatic carboxylic acids is 1. The van der Waals surface area contributed by atoms with Crippen molar-refractivity contribution in [2.75, 3.05) is 18.1 Å². The van der Waals surface area contributed by atoms with Gasteiger partial charge in [-0.15, -0.1) is 0 Å². The predicted octanol–water partition coefficient (Wildman–Crippen LogP) is 4.97. The highest BCUT2D eigenvalue weighted by Crippen LogP contribution is 2.25. The molecule has 0 bridgehead atoms. The summed E-state index contributed by atoms with van der Waals surface area (Å²) >= 11 is 2.02. The summed E-state index contributed by atoms with van der Waals surface area (Å²) in [5, 5.41) is 18.2. The highest BCUT2D eigenvalue weighted by atomic mass is 32.2. The van der Waals surface area contributed by atoms with Crippen LogP contribution in [0.4, 0.5) is 0 Å². The Morgan fingerprint density at radius 3 is 1.82 bits per heavy atom. The van der Waals surface area contributed by atoms with Crippen molar-refractivity contribution in [1.82, 2.24) is 0 Å². The smallest absolute Gasteiger partial charge is 0.309 e. The molecule has 0 saturated heterocycles. The normalized spacial score (nSPS) is 12.6. The molecule has 0 saturated carbocycles. The molecule has 0 aliphatic rings. The van der Waals surface area contributed by atoms with E-state index in [2.05, 4.69) is 13.8 Å². The SMILES string of the molecule is CC(C)(CO)CCCCCSCCCCCC(C)(C)C(=O)O. The van der Waals surface area contributed by atoms with E-state index in [1.807, 2.05) is 25.6 Å². The fourth-order valence-corrected chi connectivity index (χ4v) is 3.24. The van der Waals surface area contributed by atoms with Crippen LogP contribution in [0, 0.1) is 10.8 Å². The molecule has 0 radical (unpaired) electrons. The van der Waals surface area contributed by atoms with Gasteiger partial charge in [-0.2, -0.15) is 11.8 Å². The Labute approximate surface area is 141 Å². The van der Waals surface area contributed by atoms with Gasteiger partial charge < -0.3 is 10.2 Å². The molecular formula is C18H36O3S. The van der Waals surface area contributed by atoms with Gasteiger partial charge in [0.2, 0.25) is 0 Å². The van der Waals surface area contributed by atoms with Gasteiger partial charge in [0.05, 0.1) is 5.41 Å². The highest BCUT2D eigenvalue weighted by molar-refractivity contribution is 7.99. The van der Waals surface area contributed by atoms with Gasteiger partial charge in [0.15, 0.2) is 0 Å². The van der Waals surface area contributed by atoms with Crippen molar-refractivity contribution < 1.29 is 15.0 Å². The number of hydrogen-bond donors (Lipinski definition) is 2. The lowest BCUT2D eigenvalue weighted by Gasteiger charge is -2.20. The molecule has 0 unspecified atom stereocenters. The van der Waals surface area contributed by atoms with Crippen LogP contribution in [0.25, 0.3) is 0 Å². The molecule has 0 aromatic rings. The molecule has 3 nitrogen and oxygen atoms in total. The first-order valence-corrected chi connectivity index (χ1v) is 9.79. The zero-order valence-electron chi connectivity index (χ0n) is 15.0. The van der Waals surface area contributed by atoms with Gasteiger partial charge in [-0.05, 0) is 56.5 Å². The van der Waals surface area contributed by atoms with Gasteiger partial charge in [-0.25, -0.2) is 0 Å². The Morgan fingerprint density at radius 1 is 0.864 bits per heavy atom. The van der Waals surface area contributed by atoms with Crippen LogP contribution in [0.2, 0.25) is 0 Å². The van der Waals surface area contributed by atoms with E-state index >= 15 is 0 Å². The van der Waals surface area contributed by atoms with Crippen LogP contribution in [-0.4, -0.2) is 34.3 Å². The summed E-state index contributed by atoms with van der Waals surface area (Å²) in [6.07, 6.45) is 8.93. The zero-order chi connectivity index (χ0) is 17.1. The van der Waals surface area contributed by atoms with E-state index in [0.717, 1.165) is 25.7 Å². The van der Waals surface area contributed by atoms with Crippen molar-refractivity contribution in [1.29, 1.82) is 0 Å². The molecule has 0 atom stereocenters. The average molecular weight is 333 g/mol. The fourth-order valence-electron chi connectivity index (χ4n) is 2.22. The minimum atomic E-state index is -0.689. The van der Waals surface area contributed by atoms with Crippen LogP contribution in [0.15, 0.2) is 0 Å². The minimum absolute atomic E-state index is 0.0802. The zero-order valence-corrected chi connectivity index (χ0v) is 15.8. The standard InChI is InChI=1S/C18H36O3S/c1-17(2,15-19)11-7-5-9-13-22-14-10-6-8-12-18(3,4)16(20)21/h19H,5-15H2,1-4H3,(H,20,21). The summed E-state index contributed by atoms with van der Waals surface area (Å²) in [5.74, 6) is 1.72. The summed E-state index contributed by atoms with van der Waals surface area (Å²) < 4.78 is 0. The summed E-state index contributed by atoms with van der Waals surface area (Å²) in [7, 11) is 0. The van der Waals surface area contributed by atoms with E-state index < -0.39 is 11.4 Å². The molecule has 0 fully saturated rings. The number of aliphatic hydroxyl groups excluding tert-OH is 1. The summed E-state index contributed by atoms with van der Waals surface area (Å²) in [6.45, 7) is 8.13. The lowest BCUT2D eigenvalue weighted by Crippen LogP contribution is -2.23. The number of carboxylic acids is 1. The molecule has 0 aliphatic carbocycles. The molecule has 132 valence electrons. The van der Waals surface area contributed by atoms with Gasteiger partial charge in [-0.3, -0.25) is 4.79 Å². The number of unbranched alkanes of at least 4 members (excludes halogenated alkanes) is 4. The lowest BCUT2D eigenvalue weighted by molar-refractivity contribution is -0.147. The van der Waals surface area contributed by atoms with Crippen molar-refractivity contribution >= 4 is 17.7 Å². The second-order valence-electron chi connectivity index (χ2n) is 7.75. The fraction of sp³-hybridized carbons (Fsp3) is 0.944. The number of thioether (sulfide) groups is 1. The Kier molecular flexibility index (Phi) is 11.2. The van der Waals surface area contributed by atoms with Crippen LogP contribution >= 0.6 is 11.8 Å². The van der Waals surface area contributed by atoms with E-state index in [1.54, 1.807) is 0 Å². The molecule has 4 heteroatoms. The van der Waals surface area contributed by atoms with E-state index in [9.17, 15) is 9.90 Å². The Balaban J connectivity index is 3.33. The van der Waals surface area contributed by atoms with Crippen LogP contribution in [-0.2, 0) is 4.79 Å². The van der Waals surface area contributed by atoms with Crippen LogP contribution in [0.3, 0.4) is 0 Å². The van der Waals surface area contributed by atoms with Gasteiger partial charge in [0, 0.05) is 6.61 Å². The van der Waals surface area contributed by atoms with Crippen molar-refractivity contribution in [3.8, 4) is 0 Å². The third-order valence-electron chi connectivity index (χ3n) is 4.24. The average Bonchev–Trinajstić information content (AvgIpc) is 2.44. The van der Waals surface area contributed by atoms with Gasteiger partial charge in [0.1, 0.15) is 0 Å². The molecule has 0 amide bonds. The van der Waals surface area contributed by atoms with Gasteiger partial charge in [0.25, 0.3) is 0 Å². The Bertz CT molecular complexity index is 301. The summed E-state index contributed by atoms with van der Waals surface area (Å²) in [6, 6.07) is 0. The Hall–Kier alpha value is -0.220. The third-order valence-corrected chi connectivity index (χ3v) is 5.39. The third kappa shape index (κ3) is 11.4. The Morgan fingerprint density at radius 2 is 1.36 bits per heavy atom. The van der Waals surface area contributed by atoms with E-state index in [1.165, 1.54) is 37.2 Å². The second kappa shape index (κ2) is 11.3. The number of aliphatic hydroxyl groups is 1. The topological polar surface area (TPSA) is 57.5 Å². The van der Waals surface area contributed by atoms with Crippen molar-refractivity contribution in [3.05, 3.63) is 0 Å². The number of carbonyl (C=O) groups is 1. The van der Waals surface area contributed by atoms with Gasteiger partial charge >= 0.3 is 5.97 Å². The number of rotatable bonds is 14. The largest absolute Gasteiger partial charge is 0.481 e. The van der Waals surface area contributed by atoms with E-state index in [-0.39, 0.29) is 12.0 Å². The van der Waals surface area contributed by atoms with Crippen LogP contribution < -0.4 is 0 Å². The summed E-state index contributed by atoms with van der Waals surface area (Å²) in [4.78, 5) is 11.0. The molecule has 0 spiro atoms. The first kappa shape index (κ1) is 21.8. The first-order chi connectivity index (χ1) is 10.2. The van der Waals surface area contributed by atoms with Crippen molar-refractivity contribution in [2.45, 2.75) is 79.1 Å². The maximum absolute atomic E-state index is 11.0. The maximum Gasteiger partial charge on any atom is 0.309 e. The molecule has 0 heterocycles. The van der Waals surface area contributed by atoms with Crippen LogP contribution in [0.5, 0.6) is 0 Å². The van der Waals surface area contributed by atoms with Crippen molar-refractivity contribution in [3.63, 3.8) is 0 Å². The summed E-state index contributed by atoms with van der Waals surface area (Å²) in [5.41, 5.74) is -0.494. The maximum atomic E-state index is 11.0. The first-order valence-electron chi connectivity index (χ1n) is 8.63. The predicted molar refractivity (Wildman–Crippen MR) is 96.5 cm³/mol. The van der Waals surface area contributed by atoms with E-state index in [0.29, 0.717) is 0 Å². The van der Waals surface area contributed by atoms with Gasteiger partial charge in [-0.1, -0.05) is 39.5 Å². The highest BCUT2D eigenvalue weighted by Gasteiger charge is 2.25. The van der Waals surface area contributed by atoms with E-state index in [4.69, 9.17) is 5.11 Å². The monoisotopic (exact) mass is 332 g/mol. The lowest BCUT2D eigenvalue weighted by atomic mass is 9.87. The van der Waals surface area contributed by atoms with Crippen molar-refractivity contribution in [2.24, 2.45) is 10.8 Å². The molecule has 2 N–H and O–H groups in total. The molecule has 0 aliphatic heterocycles. The minimum Gasteiger partial charge on any atom is -0.481 e. The van der Waals surface area contributed by atoms with Crippen LogP contribution in [0.1, 0.15) is 79.1 Å². The molecule has 0 aromatic carbocycles. The molecular weight excluding hydrogens is 296 g/mol. The number of carboxylic acid groups (broad SMARTS) is 1.